The van der Waals surface area contributed by atoms with Crippen LogP contribution in [0.3, 0.4) is 0 Å². The van der Waals surface area contributed by atoms with Crippen LogP contribution in [0.15, 0.2) is 15.9 Å². The van der Waals surface area contributed by atoms with Gasteiger partial charge in [-0.3, -0.25) is 4.90 Å². The number of nitrogens with zero attached hydrogens (tertiary/aromatic N) is 1. The molecular weight excluding hydrogens is 332 g/mol. The highest BCUT2D eigenvalue weighted by atomic mass is 79.9. The summed E-state index contributed by atoms with van der Waals surface area (Å²) in [6, 6.07) is 5.62. The Morgan fingerprint density at radius 2 is 2.10 bits per heavy atom. The Kier molecular flexibility index (Phi) is 5.33. The quantitative estimate of drug-likeness (QED) is 0.863. The molecule has 0 radical (unpaired) electrons. The minimum atomic E-state index is 0.309. The summed E-state index contributed by atoms with van der Waals surface area (Å²) >= 11 is 5.43. The molecule has 2 nitrogen and oxygen atoms in total. The number of thiophene rings is 1. The molecule has 0 saturated carbocycles. The van der Waals surface area contributed by atoms with Gasteiger partial charge in [0.25, 0.3) is 0 Å². The first-order valence-corrected chi connectivity index (χ1v) is 9.10. The van der Waals surface area contributed by atoms with E-state index in [0.717, 1.165) is 19.6 Å². The maximum atomic E-state index is 3.75. The van der Waals surface area contributed by atoms with Crippen molar-refractivity contribution < 1.29 is 0 Å². The summed E-state index contributed by atoms with van der Waals surface area (Å²) in [6.07, 6.45) is 0. The highest BCUT2D eigenvalue weighted by Crippen LogP contribution is 2.31. The molecule has 2 unspecified atom stereocenters. The Morgan fingerprint density at radius 3 is 2.60 bits per heavy atom. The van der Waals surface area contributed by atoms with Crippen LogP contribution in [-0.4, -0.2) is 30.1 Å². The van der Waals surface area contributed by atoms with Gasteiger partial charge in [-0.15, -0.1) is 11.3 Å². The fraction of sp³-hybridized carbons (Fsp3) is 0.750. The van der Waals surface area contributed by atoms with Gasteiger partial charge in [0.1, 0.15) is 0 Å². The largest absolute Gasteiger partial charge is 0.311 e. The minimum absolute atomic E-state index is 0.309. The minimum Gasteiger partial charge on any atom is -0.311 e. The molecule has 1 aromatic heterocycles. The van der Waals surface area contributed by atoms with Gasteiger partial charge in [0.2, 0.25) is 0 Å². The normalized spacial score (nSPS) is 25.4. The summed E-state index contributed by atoms with van der Waals surface area (Å²) in [5.74, 6) is 0.688. The molecule has 2 atom stereocenters. The van der Waals surface area contributed by atoms with Crippen molar-refractivity contribution in [2.75, 3.05) is 13.1 Å². The molecule has 1 aliphatic rings. The van der Waals surface area contributed by atoms with E-state index < -0.39 is 0 Å². The van der Waals surface area contributed by atoms with Gasteiger partial charge in [-0.1, -0.05) is 34.6 Å². The van der Waals surface area contributed by atoms with E-state index in [1.165, 1.54) is 8.66 Å². The molecule has 2 rings (SSSR count). The molecule has 2 heterocycles. The third-order valence-corrected chi connectivity index (χ3v) is 5.85. The fourth-order valence-corrected chi connectivity index (χ4v) is 4.46. The molecule has 114 valence electrons. The summed E-state index contributed by atoms with van der Waals surface area (Å²) in [5.41, 5.74) is 0.309. The van der Waals surface area contributed by atoms with E-state index in [1.54, 1.807) is 0 Å². The first-order valence-electron chi connectivity index (χ1n) is 7.49. The average molecular weight is 359 g/mol. The molecule has 1 N–H and O–H groups in total. The third-order valence-electron chi connectivity index (χ3n) is 4.24. The molecule has 4 heteroatoms. The highest BCUT2D eigenvalue weighted by molar-refractivity contribution is 9.11. The van der Waals surface area contributed by atoms with Gasteiger partial charge in [-0.05, 0) is 39.4 Å². The first-order chi connectivity index (χ1) is 9.27. The van der Waals surface area contributed by atoms with Crippen LogP contribution in [0, 0.1) is 11.3 Å². The molecule has 1 saturated heterocycles. The van der Waals surface area contributed by atoms with Crippen molar-refractivity contribution in [3.05, 3.63) is 20.8 Å². The number of piperazine rings is 1. The van der Waals surface area contributed by atoms with Crippen molar-refractivity contribution >= 4 is 27.3 Å². The summed E-state index contributed by atoms with van der Waals surface area (Å²) in [5, 5.41) is 3.75. The Bertz CT molecular complexity index is 436. The standard InChI is InChI=1S/C16H27BrN2S/c1-11(2)13-10-19(9-12-6-7-15(17)20-12)14(8-18-13)16(3,4)5/h6-7,11,13-14,18H,8-10H2,1-5H3. The molecule has 0 amide bonds. The van der Waals surface area contributed by atoms with Crippen molar-refractivity contribution in [2.24, 2.45) is 11.3 Å². The van der Waals surface area contributed by atoms with Gasteiger partial charge < -0.3 is 5.32 Å². The molecule has 0 spiro atoms. The molecule has 1 aromatic rings. The average Bonchev–Trinajstić information content (AvgIpc) is 2.73. The van der Waals surface area contributed by atoms with Crippen molar-refractivity contribution in [3.8, 4) is 0 Å². The van der Waals surface area contributed by atoms with Gasteiger partial charge in [0.15, 0.2) is 0 Å². The number of hydrogen-bond donors (Lipinski definition) is 1. The first kappa shape index (κ1) is 16.5. The van der Waals surface area contributed by atoms with Gasteiger partial charge in [0, 0.05) is 36.6 Å². The smallest absolute Gasteiger partial charge is 0.0701 e. The topological polar surface area (TPSA) is 15.3 Å². The van der Waals surface area contributed by atoms with Crippen molar-refractivity contribution in [1.29, 1.82) is 0 Å². The SMILES string of the molecule is CC(C)C1CN(Cc2ccc(Br)s2)C(C(C)(C)C)CN1. The molecule has 1 fully saturated rings. The number of nitrogens with one attached hydrogen (secondary N) is 1. The van der Waals surface area contributed by atoms with Crippen LogP contribution in [0.4, 0.5) is 0 Å². The van der Waals surface area contributed by atoms with Crippen LogP contribution in [0.5, 0.6) is 0 Å². The van der Waals surface area contributed by atoms with Crippen LogP contribution in [-0.2, 0) is 6.54 Å². The Labute approximate surface area is 136 Å². The van der Waals surface area contributed by atoms with E-state index in [-0.39, 0.29) is 0 Å². The van der Waals surface area contributed by atoms with Gasteiger partial charge in [-0.2, -0.15) is 0 Å². The lowest BCUT2D eigenvalue weighted by Crippen LogP contribution is -2.61. The highest BCUT2D eigenvalue weighted by Gasteiger charge is 2.36. The van der Waals surface area contributed by atoms with Crippen LogP contribution < -0.4 is 5.32 Å². The number of hydrogen-bond acceptors (Lipinski definition) is 3. The predicted octanol–water partition coefficient (Wildman–Crippen LogP) is 4.36. The lowest BCUT2D eigenvalue weighted by molar-refractivity contribution is 0.0408. The molecule has 0 bridgehead atoms. The number of rotatable bonds is 3. The molecule has 20 heavy (non-hydrogen) atoms. The Balaban J connectivity index is 2.13. The van der Waals surface area contributed by atoms with E-state index in [2.05, 4.69) is 72.9 Å². The Morgan fingerprint density at radius 1 is 1.40 bits per heavy atom. The van der Waals surface area contributed by atoms with Crippen molar-refractivity contribution in [2.45, 2.75) is 53.2 Å². The zero-order valence-corrected chi connectivity index (χ0v) is 15.6. The fourth-order valence-electron chi connectivity index (χ4n) is 2.95. The maximum Gasteiger partial charge on any atom is 0.0701 e. The maximum absolute atomic E-state index is 3.75. The summed E-state index contributed by atoms with van der Waals surface area (Å²) in [7, 11) is 0. The molecule has 1 aliphatic heterocycles. The summed E-state index contributed by atoms with van der Waals surface area (Å²) < 4.78 is 1.23. The van der Waals surface area contributed by atoms with Crippen molar-refractivity contribution in [3.63, 3.8) is 0 Å². The third kappa shape index (κ3) is 4.06. The lowest BCUT2D eigenvalue weighted by Gasteiger charge is -2.47. The summed E-state index contributed by atoms with van der Waals surface area (Å²) in [6.45, 7) is 15.0. The van der Waals surface area contributed by atoms with Crippen molar-refractivity contribution in [1.82, 2.24) is 10.2 Å². The van der Waals surface area contributed by atoms with Crippen LogP contribution >= 0.6 is 27.3 Å². The molecule has 0 aromatic carbocycles. The second kappa shape index (κ2) is 6.47. The van der Waals surface area contributed by atoms with E-state index in [0.29, 0.717) is 23.4 Å². The van der Waals surface area contributed by atoms with E-state index in [4.69, 9.17) is 0 Å². The second-order valence-corrected chi connectivity index (χ2v) is 9.82. The molecule has 0 aliphatic carbocycles. The van der Waals surface area contributed by atoms with Crippen LogP contribution in [0.2, 0.25) is 0 Å². The summed E-state index contributed by atoms with van der Waals surface area (Å²) in [4.78, 5) is 4.13. The van der Waals surface area contributed by atoms with E-state index in [1.807, 2.05) is 11.3 Å². The monoisotopic (exact) mass is 358 g/mol. The Hall–Kier alpha value is 0.1000. The van der Waals surface area contributed by atoms with E-state index in [9.17, 15) is 0 Å². The van der Waals surface area contributed by atoms with Crippen LogP contribution in [0.25, 0.3) is 0 Å². The number of halogens is 1. The zero-order chi connectivity index (χ0) is 14.9. The lowest BCUT2D eigenvalue weighted by atomic mass is 9.83. The van der Waals surface area contributed by atoms with Gasteiger partial charge in [0.05, 0.1) is 3.79 Å². The van der Waals surface area contributed by atoms with Gasteiger partial charge in [-0.25, -0.2) is 0 Å². The van der Waals surface area contributed by atoms with Gasteiger partial charge >= 0.3 is 0 Å². The molecular formula is C16H27BrN2S. The second-order valence-electron chi connectivity index (χ2n) is 7.28. The zero-order valence-electron chi connectivity index (χ0n) is 13.2. The van der Waals surface area contributed by atoms with E-state index >= 15 is 0 Å². The predicted molar refractivity (Wildman–Crippen MR) is 92.3 cm³/mol. The van der Waals surface area contributed by atoms with Crippen LogP contribution in [0.1, 0.15) is 39.5 Å².